The van der Waals surface area contributed by atoms with E-state index in [4.69, 9.17) is 11.6 Å². The van der Waals surface area contributed by atoms with Crippen LogP contribution >= 0.6 is 11.6 Å². The van der Waals surface area contributed by atoms with E-state index in [9.17, 15) is 8.42 Å². The van der Waals surface area contributed by atoms with Crippen molar-refractivity contribution in [2.45, 2.75) is 45.2 Å². The number of halogens is 1. The van der Waals surface area contributed by atoms with Crippen molar-refractivity contribution < 1.29 is 8.42 Å². The van der Waals surface area contributed by atoms with Crippen LogP contribution in [-0.2, 0) is 10.0 Å². The Morgan fingerprint density at radius 3 is 2.57 bits per heavy atom. The Hall–Kier alpha value is 0.200. The molecule has 0 amide bonds. The molecule has 0 bridgehead atoms. The number of nitrogens with zero attached hydrogens (tertiary/aromatic N) is 1. The lowest BCUT2D eigenvalue weighted by Crippen LogP contribution is -2.41. The summed E-state index contributed by atoms with van der Waals surface area (Å²) in [7, 11) is -3.12. The Bertz CT molecular complexity index is 279. The van der Waals surface area contributed by atoms with Crippen LogP contribution in [0.2, 0.25) is 0 Å². The maximum Gasteiger partial charge on any atom is 0.215 e. The van der Waals surface area contributed by atoms with E-state index in [0.717, 1.165) is 19.3 Å². The molecule has 1 heterocycles. The van der Waals surface area contributed by atoms with Gasteiger partial charge in [-0.2, -0.15) is 4.31 Å². The summed E-state index contributed by atoms with van der Waals surface area (Å²) < 4.78 is 25.4. The van der Waals surface area contributed by atoms with Crippen molar-refractivity contribution in [3.05, 3.63) is 0 Å². The molecular weight excluding hydrogens is 222 g/mol. The fraction of sp³-hybridized carbons (Fsp3) is 1.00. The van der Waals surface area contributed by atoms with Gasteiger partial charge in [0.2, 0.25) is 10.0 Å². The second-order valence-electron chi connectivity index (χ2n) is 3.82. The number of sulfonamides is 1. The average molecular weight is 240 g/mol. The quantitative estimate of drug-likeness (QED) is 0.702. The van der Waals surface area contributed by atoms with Crippen molar-refractivity contribution in [2.75, 3.05) is 11.6 Å². The minimum Gasteiger partial charge on any atom is -0.212 e. The fourth-order valence-corrected chi connectivity index (χ4v) is 4.49. The SMILES string of the molecule is CCC1CCC(C)N1S(=O)(=O)CCCl. The molecule has 0 aromatic heterocycles. The maximum atomic E-state index is 11.9. The van der Waals surface area contributed by atoms with E-state index in [-0.39, 0.29) is 23.7 Å². The van der Waals surface area contributed by atoms with E-state index >= 15 is 0 Å². The first kappa shape index (κ1) is 12.3. The van der Waals surface area contributed by atoms with Crippen LogP contribution in [-0.4, -0.2) is 36.4 Å². The molecule has 0 aromatic rings. The second kappa shape index (κ2) is 4.81. The van der Waals surface area contributed by atoms with Crippen LogP contribution in [0, 0.1) is 0 Å². The maximum absolute atomic E-state index is 11.9. The number of hydrogen-bond acceptors (Lipinski definition) is 2. The molecule has 84 valence electrons. The van der Waals surface area contributed by atoms with Crippen LogP contribution < -0.4 is 0 Å². The lowest BCUT2D eigenvalue weighted by molar-refractivity contribution is 0.329. The topological polar surface area (TPSA) is 37.4 Å². The van der Waals surface area contributed by atoms with Crippen molar-refractivity contribution in [1.82, 2.24) is 4.31 Å². The van der Waals surface area contributed by atoms with Crippen LogP contribution in [0.3, 0.4) is 0 Å². The monoisotopic (exact) mass is 239 g/mol. The van der Waals surface area contributed by atoms with E-state index in [1.54, 1.807) is 4.31 Å². The third-order valence-electron chi connectivity index (χ3n) is 2.84. The molecule has 5 heteroatoms. The molecule has 1 saturated heterocycles. The molecule has 0 aromatic carbocycles. The van der Waals surface area contributed by atoms with Gasteiger partial charge in [0.1, 0.15) is 0 Å². The molecule has 2 atom stereocenters. The zero-order chi connectivity index (χ0) is 10.8. The fourth-order valence-electron chi connectivity index (χ4n) is 2.14. The van der Waals surface area contributed by atoms with Crippen LogP contribution in [0.5, 0.6) is 0 Å². The van der Waals surface area contributed by atoms with Gasteiger partial charge in [0, 0.05) is 18.0 Å². The minimum atomic E-state index is -3.12. The van der Waals surface area contributed by atoms with Gasteiger partial charge in [-0.05, 0) is 26.2 Å². The number of alkyl halides is 1. The van der Waals surface area contributed by atoms with Crippen LogP contribution in [0.1, 0.15) is 33.1 Å². The summed E-state index contributed by atoms with van der Waals surface area (Å²) in [6.07, 6.45) is 2.85. The average Bonchev–Trinajstić information content (AvgIpc) is 2.47. The molecule has 0 N–H and O–H groups in total. The van der Waals surface area contributed by atoms with Gasteiger partial charge in [0.15, 0.2) is 0 Å². The van der Waals surface area contributed by atoms with Gasteiger partial charge in [-0.15, -0.1) is 11.6 Å². The Kier molecular flexibility index (Phi) is 4.22. The highest BCUT2D eigenvalue weighted by atomic mass is 35.5. The van der Waals surface area contributed by atoms with E-state index in [0.29, 0.717) is 0 Å². The van der Waals surface area contributed by atoms with Crippen molar-refractivity contribution in [2.24, 2.45) is 0 Å². The summed E-state index contributed by atoms with van der Waals surface area (Å²) in [5.41, 5.74) is 0. The predicted octanol–water partition coefficient (Wildman–Crippen LogP) is 1.82. The first-order chi connectivity index (χ1) is 6.53. The molecule has 0 saturated carbocycles. The van der Waals surface area contributed by atoms with Gasteiger partial charge >= 0.3 is 0 Å². The van der Waals surface area contributed by atoms with Crippen molar-refractivity contribution in [3.8, 4) is 0 Å². The van der Waals surface area contributed by atoms with E-state index < -0.39 is 10.0 Å². The first-order valence-corrected chi connectivity index (χ1v) is 7.24. The Morgan fingerprint density at radius 1 is 1.43 bits per heavy atom. The highest BCUT2D eigenvalue weighted by Crippen LogP contribution is 2.29. The first-order valence-electron chi connectivity index (χ1n) is 5.10. The molecule has 1 aliphatic rings. The van der Waals surface area contributed by atoms with E-state index in [1.807, 2.05) is 13.8 Å². The zero-order valence-corrected chi connectivity index (χ0v) is 10.3. The normalized spacial score (nSPS) is 29.6. The number of rotatable bonds is 4. The molecule has 2 unspecified atom stereocenters. The highest BCUT2D eigenvalue weighted by molar-refractivity contribution is 7.89. The summed E-state index contributed by atoms with van der Waals surface area (Å²) >= 11 is 5.50. The van der Waals surface area contributed by atoms with Gasteiger partial charge < -0.3 is 0 Å². The van der Waals surface area contributed by atoms with Gasteiger partial charge in [-0.1, -0.05) is 6.92 Å². The Morgan fingerprint density at radius 2 is 2.07 bits per heavy atom. The molecule has 0 radical (unpaired) electrons. The molecule has 1 aliphatic heterocycles. The molecule has 1 rings (SSSR count). The summed E-state index contributed by atoms with van der Waals surface area (Å²) in [5, 5.41) is 0. The van der Waals surface area contributed by atoms with Gasteiger partial charge in [0.25, 0.3) is 0 Å². The van der Waals surface area contributed by atoms with Gasteiger partial charge in [-0.3, -0.25) is 0 Å². The standard InChI is InChI=1S/C9H18ClNO2S/c1-3-9-5-4-8(2)11(9)14(12,13)7-6-10/h8-9H,3-7H2,1-2H3. The van der Waals surface area contributed by atoms with Gasteiger partial charge in [-0.25, -0.2) is 8.42 Å². The molecule has 0 aliphatic carbocycles. The van der Waals surface area contributed by atoms with Crippen molar-refractivity contribution in [1.29, 1.82) is 0 Å². The number of hydrogen-bond donors (Lipinski definition) is 0. The lowest BCUT2D eigenvalue weighted by Gasteiger charge is -2.26. The van der Waals surface area contributed by atoms with Crippen LogP contribution in [0.25, 0.3) is 0 Å². The van der Waals surface area contributed by atoms with Crippen LogP contribution in [0.4, 0.5) is 0 Å². The van der Waals surface area contributed by atoms with E-state index in [2.05, 4.69) is 0 Å². The largest absolute Gasteiger partial charge is 0.215 e. The Balaban J connectivity index is 2.83. The second-order valence-corrected chi connectivity index (χ2v) is 6.20. The molecule has 14 heavy (non-hydrogen) atoms. The molecule has 0 spiro atoms. The summed E-state index contributed by atoms with van der Waals surface area (Å²) in [4.78, 5) is 0. The van der Waals surface area contributed by atoms with Crippen LogP contribution in [0.15, 0.2) is 0 Å². The zero-order valence-electron chi connectivity index (χ0n) is 8.74. The highest BCUT2D eigenvalue weighted by Gasteiger charge is 2.37. The molecule has 1 fully saturated rings. The smallest absolute Gasteiger partial charge is 0.212 e. The minimum absolute atomic E-state index is 0.0649. The molecular formula is C9H18ClNO2S. The third-order valence-corrected chi connectivity index (χ3v) is 5.27. The Labute approximate surface area is 91.5 Å². The molecule has 3 nitrogen and oxygen atoms in total. The van der Waals surface area contributed by atoms with Crippen molar-refractivity contribution in [3.63, 3.8) is 0 Å². The van der Waals surface area contributed by atoms with E-state index in [1.165, 1.54) is 0 Å². The van der Waals surface area contributed by atoms with Crippen molar-refractivity contribution >= 4 is 21.6 Å². The predicted molar refractivity (Wildman–Crippen MR) is 59.1 cm³/mol. The lowest BCUT2D eigenvalue weighted by atomic mass is 10.2. The summed E-state index contributed by atoms with van der Waals surface area (Å²) in [5.74, 6) is 0.247. The summed E-state index contributed by atoms with van der Waals surface area (Å²) in [6.45, 7) is 4.01. The van der Waals surface area contributed by atoms with Gasteiger partial charge in [0.05, 0.1) is 5.75 Å². The summed E-state index contributed by atoms with van der Waals surface area (Å²) in [6, 6.07) is 0.339. The third kappa shape index (κ3) is 2.41.